The molecule has 1 heterocycles. The summed E-state index contributed by atoms with van der Waals surface area (Å²) >= 11 is 0. The van der Waals surface area contributed by atoms with E-state index in [9.17, 15) is 5.11 Å². The minimum atomic E-state index is -0.341. The van der Waals surface area contributed by atoms with Crippen LogP contribution in [-0.2, 0) is 5.41 Å². The van der Waals surface area contributed by atoms with E-state index < -0.39 is 0 Å². The lowest BCUT2D eigenvalue weighted by Crippen LogP contribution is -2.18. The molecule has 88 valence electrons. The third-order valence-corrected chi connectivity index (χ3v) is 3.27. The summed E-state index contributed by atoms with van der Waals surface area (Å²) in [5, 5.41) is 9.98. The second-order valence-corrected chi connectivity index (χ2v) is 5.23. The van der Waals surface area contributed by atoms with Gasteiger partial charge in [-0.05, 0) is 24.1 Å². The molecule has 0 aromatic heterocycles. The fraction of sp³-hybridized carbons (Fsp3) is 0.571. The Bertz CT molecular complexity index is 382. The zero-order valence-corrected chi connectivity index (χ0v) is 10.3. The fourth-order valence-electron chi connectivity index (χ4n) is 2.19. The van der Waals surface area contributed by atoms with Crippen LogP contribution in [0.1, 0.15) is 50.8 Å². The highest BCUT2D eigenvalue weighted by Gasteiger charge is 2.32. The van der Waals surface area contributed by atoms with E-state index in [1.807, 2.05) is 12.1 Å². The Kier molecular flexibility index (Phi) is 2.94. The Morgan fingerprint density at radius 2 is 2.19 bits per heavy atom. The molecule has 1 aromatic rings. The summed E-state index contributed by atoms with van der Waals surface area (Å²) in [5.41, 5.74) is 2.30. The van der Waals surface area contributed by atoms with Crippen molar-refractivity contribution in [3.05, 3.63) is 29.3 Å². The first-order valence-electron chi connectivity index (χ1n) is 6.00. The maximum Gasteiger partial charge on any atom is 0.123 e. The van der Waals surface area contributed by atoms with Crippen molar-refractivity contribution in [2.75, 3.05) is 6.61 Å². The first kappa shape index (κ1) is 11.5. The number of ether oxygens (including phenoxy) is 1. The van der Waals surface area contributed by atoms with Crippen molar-refractivity contribution < 1.29 is 9.84 Å². The fourth-order valence-corrected chi connectivity index (χ4v) is 2.19. The zero-order valence-electron chi connectivity index (χ0n) is 10.3. The molecule has 1 aliphatic heterocycles. The van der Waals surface area contributed by atoms with Gasteiger partial charge in [-0.3, -0.25) is 0 Å². The molecule has 0 spiro atoms. The number of aliphatic hydroxyl groups excluding tert-OH is 1. The van der Waals surface area contributed by atoms with Gasteiger partial charge in [0.15, 0.2) is 0 Å². The minimum Gasteiger partial charge on any atom is -0.492 e. The SMILES string of the molecule is CCCC(O)c1ccc2c(c1)C(C)(C)CO2. The van der Waals surface area contributed by atoms with Crippen molar-refractivity contribution in [2.24, 2.45) is 0 Å². The van der Waals surface area contributed by atoms with Gasteiger partial charge >= 0.3 is 0 Å². The molecular formula is C14H20O2. The van der Waals surface area contributed by atoms with Crippen molar-refractivity contribution in [1.29, 1.82) is 0 Å². The minimum absolute atomic E-state index is 0.0667. The maximum atomic E-state index is 9.98. The molecule has 0 bridgehead atoms. The monoisotopic (exact) mass is 220 g/mol. The van der Waals surface area contributed by atoms with E-state index in [0.717, 1.165) is 30.8 Å². The van der Waals surface area contributed by atoms with Crippen molar-refractivity contribution >= 4 is 0 Å². The average molecular weight is 220 g/mol. The van der Waals surface area contributed by atoms with E-state index in [4.69, 9.17) is 4.74 Å². The lowest BCUT2D eigenvalue weighted by Gasteiger charge is -2.17. The van der Waals surface area contributed by atoms with Gasteiger partial charge in [0.2, 0.25) is 0 Å². The van der Waals surface area contributed by atoms with Crippen molar-refractivity contribution in [2.45, 2.75) is 45.1 Å². The summed E-state index contributed by atoms with van der Waals surface area (Å²) in [4.78, 5) is 0. The molecule has 0 saturated carbocycles. The maximum absolute atomic E-state index is 9.98. The van der Waals surface area contributed by atoms with Gasteiger partial charge in [0, 0.05) is 11.0 Å². The van der Waals surface area contributed by atoms with E-state index in [1.165, 1.54) is 5.56 Å². The van der Waals surface area contributed by atoms with Crippen LogP contribution in [0.2, 0.25) is 0 Å². The summed E-state index contributed by atoms with van der Waals surface area (Å²) in [7, 11) is 0. The van der Waals surface area contributed by atoms with E-state index >= 15 is 0 Å². The molecular weight excluding hydrogens is 200 g/mol. The largest absolute Gasteiger partial charge is 0.492 e. The Balaban J connectivity index is 2.32. The number of fused-ring (bicyclic) bond motifs is 1. The third-order valence-electron chi connectivity index (χ3n) is 3.27. The molecule has 0 amide bonds. The highest BCUT2D eigenvalue weighted by Crippen LogP contribution is 2.39. The van der Waals surface area contributed by atoms with Gasteiger partial charge in [0.05, 0.1) is 12.7 Å². The van der Waals surface area contributed by atoms with Crippen LogP contribution in [-0.4, -0.2) is 11.7 Å². The van der Waals surface area contributed by atoms with Crippen LogP contribution in [0.5, 0.6) is 5.75 Å². The lowest BCUT2D eigenvalue weighted by molar-refractivity contribution is 0.166. The van der Waals surface area contributed by atoms with Crippen molar-refractivity contribution in [3.63, 3.8) is 0 Å². The lowest BCUT2D eigenvalue weighted by atomic mass is 9.85. The molecule has 0 saturated heterocycles. The summed E-state index contributed by atoms with van der Waals surface area (Å²) in [5.74, 6) is 0.970. The first-order valence-corrected chi connectivity index (χ1v) is 6.00. The molecule has 1 atom stereocenters. The Hall–Kier alpha value is -1.02. The van der Waals surface area contributed by atoms with Crippen LogP contribution in [0.3, 0.4) is 0 Å². The van der Waals surface area contributed by atoms with E-state index in [1.54, 1.807) is 0 Å². The van der Waals surface area contributed by atoms with Gasteiger partial charge < -0.3 is 9.84 Å². The van der Waals surface area contributed by atoms with Crippen molar-refractivity contribution in [3.8, 4) is 5.75 Å². The van der Waals surface area contributed by atoms with E-state index in [2.05, 4.69) is 26.8 Å². The van der Waals surface area contributed by atoms with Gasteiger partial charge in [0.25, 0.3) is 0 Å². The first-order chi connectivity index (χ1) is 7.54. The van der Waals surface area contributed by atoms with Crippen LogP contribution >= 0.6 is 0 Å². The topological polar surface area (TPSA) is 29.5 Å². The Morgan fingerprint density at radius 1 is 1.44 bits per heavy atom. The molecule has 16 heavy (non-hydrogen) atoms. The predicted octanol–water partition coefficient (Wildman–Crippen LogP) is 3.19. The quantitative estimate of drug-likeness (QED) is 0.847. The van der Waals surface area contributed by atoms with Gasteiger partial charge in [-0.1, -0.05) is 33.3 Å². The molecule has 1 aromatic carbocycles. The second-order valence-electron chi connectivity index (χ2n) is 5.23. The molecule has 0 fully saturated rings. The highest BCUT2D eigenvalue weighted by molar-refractivity contribution is 5.45. The summed E-state index contributed by atoms with van der Waals surface area (Å²) < 4.78 is 5.63. The summed E-state index contributed by atoms with van der Waals surface area (Å²) in [6.07, 6.45) is 1.48. The molecule has 1 unspecified atom stereocenters. The zero-order chi connectivity index (χ0) is 11.8. The van der Waals surface area contributed by atoms with Crippen LogP contribution in [0.15, 0.2) is 18.2 Å². The summed E-state index contributed by atoms with van der Waals surface area (Å²) in [6, 6.07) is 6.06. The van der Waals surface area contributed by atoms with Gasteiger partial charge in [-0.2, -0.15) is 0 Å². The van der Waals surface area contributed by atoms with Gasteiger partial charge in [-0.25, -0.2) is 0 Å². The number of hydrogen-bond donors (Lipinski definition) is 1. The average Bonchev–Trinajstić information content (AvgIpc) is 2.55. The Morgan fingerprint density at radius 3 is 2.88 bits per heavy atom. The molecule has 0 radical (unpaired) electrons. The van der Waals surface area contributed by atoms with Crippen LogP contribution in [0.4, 0.5) is 0 Å². The smallest absolute Gasteiger partial charge is 0.123 e. The van der Waals surface area contributed by atoms with Crippen LogP contribution in [0, 0.1) is 0 Å². The number of hydrogen-bond acceptors (Lipinski definition) is 2. The normalized spacial score (nSPS) is 19.0. The molecule has 2 heteroatoms. The predicted molar refractivity (Wildman–Crippen MR) is 64.8 cm³/mol. The van der Waals surface area contributed by atoms with E-state index in [-0.39, 0.29) is 11.5 Å². The Labute approximate surface area is 97.3 Å². The third kappa shape index (κ3) is 1.94. The van der Waals surface area contributed by atoms with Gasteiger partial charge in [0.1, 0.15) is 5.75 Å². The van der Waals surface area contributed by atoms with Gasteiger partial charge in [-0.15, -0.1) is 0 Å². The molecule has 1 N–H and O–H groups in total. The van der Waals surface area contributed by atoms with Crippen molar-refractivity contribution in [1.82, 2.24) is 0 Å². The summed E-state index contributed by atoms with van der Waals surface area (Å²) in [6.45, 7) is 7.17. The molecule has 0 aliphatic carbocycles. The number of aliphatic hydroxyl groups is 1. The molecule has 1 aliphatic rings. The van der Waals surface area contributed by atoms with E-state index in [0.29, 0.717) is 0 Å². The van der Waals surface area contributed by atoms with Crippen LogP contribution in [0.25, 0.3) is 0 Å². The highest BCUT2D eigenvalue weighted by atomic mass is 16.5. The standard InChI is InChI=1S/C14H20O2/c1-4-5-12(15)10-6-7-13-11(8-10)14(2,3)9-16-13/h6-8,12,15H,4-5,9H2,1-3H3. The number of benzene rings is 1. The molecule has 2 nitrogen and oxygen atoms in total. The number of rotatable bonds is 3. The molecule has 2 rings (SSSR count). The second kappa shape index (κ2) is 4.10. The van der Waals surface area contributed by atoms with Crippen LogP contribution < -0.4 is 4.74 Å².